The van der Waals surface area contributed by atoms with Gasteiger partial charge in [0.2, 0.25) is 0 Å². The van der Waals surface area contributed by atoms with Gasteiger partial charge in [-0.3, -0.25) is 5.73 Å². The predicted molar refractivity (Wildman–Crippen MR) is 71.5 cm³/mol. The molecule has 0 bridgehead atoms. The average molecular weight is 244 g/mol. The van der Waals surface area contributed by atoms with E-state index in [-0.39, 0.29) is 5.66 Å². The number of nitrogens with one attached hydrogen (secondary N) is 1. The van der Waals surface area contributed by atoms with E-state index in [1.807, 2.05) is 30.3 Å². The summed E-state index contributed by atoms with van der Waals surface area (Å²) in [5.74, 6) is 0.984. The Balaban J connectivity index is 2.13. The van der Waals surface area contributed by atoms with Crippen molar-refractivity contribution in [2.24, 2.45) is 16.5 Å². The van der Waals surface area contributed by atoms with Gasteiger partial charge >= 0.3 is 5.96 Å². The number of guanidine groups is 2. The maximum atomic E-state index is 6.13. The molecular formula is C13H18N5+. The van der Waals surface area contributed by atoms with Gasteiger partial charge in [-0.05, 0) is 25.0 Å². The summed E-state index contributed by atoms with van der Waals surface area (Å²) < 4.78 is 2.08. The molecule has 5 heteroatoms. The van der Waals surface area contributed by atoms with Crippen LogP contribution in [0.25, 0.3) is 0 Å². The zero-order chi connectivity index (χ0) is 12.6. The van der Waals surface area contributed by atoms with Crippen LogP contribution in [0.1, 0.15) is 25.7 Å². The number of para-hydroxylation sites is 1. The van der Waals surface area contributed by atoms with Gasteiger partial charge in [0.05, 0.1) is 0 Å². The molecule has 1 fully saturated rings. The third-order valence-electron chi connectivity index (χ3n) is 3.66. The maximum Gasteiger partial charge on any atom is 0.357 e. The fourth-order valence-electron chi connectivity index (χ4n) is 2.95. The van der Waals surface area contributed by atoms with Gasteiger partial charge in [-0.1, -0.05) is 18.2 Å². The second-order valence-electron chi connectivity index (χ2n) is 4.87. The van der Waals surface area contributed by atoms with Crippen molar-refractivity contribution in [3.05, 3.63) is 30.3 Å². The first kappa shape index (κ1) is 11.1. The number of benzene rings is 1. The molecule has 1 aromatic carbocycles. The summed E-state index contributed by atoms with van der Waals surface area (Å²) in [7, 11) is 0. The average Bonchev–Trinajstić information content (AvgIpc) is 2.78. The first-order valence-corrected chi connectivity index (χ1v) is 6.31. The van der Waals surface area contributed by atoms with Crippen molar-refractivity contribution in [2.75, 3.05) is 0 Å². The zero-order valence-electron chi connectivity index (χ0n) is 10.3. The van der Waals surface area contributed by atoms with Crippen LogP contribution in [-0.2, 0) is 0 Å². The van der Waals surface area contributed by atoms with E-state index < -0.39 is 0 Å². The molecule has 1 saturated carbocycles. The van der Waals surface area contributed by atoms with Crippen LogP contribution in [0.15, 0.2) is 35.3 Å². The Kier molecular flexibility index (Phi) is 2.47. The van der Waals surface area contributed by atoms with E-state index in [9.17, 15) is 0 Å². The Hall–Kier alpha value is -2.04. The molecule has 1 aliphatic heterocycles. The van der Waals surface area contributed by atoms with Crippen LogP contribution in [-0.4, -0.2) is 22.2 Å². The number of rotatable bonds is 1. The molecule has 2 aliphatic rings. The summed E-state index contributed by atoms with van der Waals surface area (Å²) in [4.78, 5) is 4.63. The zero-order valence-corrected chi connectivity index (χ0v) is 10.3. The van der Waals surface area contributed by atoms with Gasteiger partial charge in [-0.2, -0.15) is 4.99 Å². The number of hydrogen-bond acceptors (Lipinski definition) is 4. The van der Waals surface area contributed by atoms with E-state index in [1.54, 1.807) is 0 Å². The second kappa shape index (κ2) is 4.01. The van der Waals surface area contributed by atoms with E-state index in [2.05, 4.69) is 14.9 Å². The minimum atomic E-state index is -0.291. The van der Waals surface area contributed by atoms with Crippen molar-refractivity contribution < 1.29 is 4.58 Å². The van der Waals surface area contributed by atoms with E-state index in [1.165, 1.54) is 0 Å². The molecule has 0 radical (unpaired) electrons. The normalized spacial score (nSPS) is 21.9. The van der Waals surface area contributed by atoms with Crippen LogP contribution in [0.5, 0.6) is 0 Å². The van der Waals surface area contributed by atoms with Crippen molar-refractivity contribution in [3.63, 3.8) is 0 Å². The third kappa shape index (κ3) is 1.63. The minimum absolute atomic E-state index is 0.291. The van der Waals surface area contributed by atoms with Gasteiger partial charge in [-0.25, -0.2) is 9.89 Å². The monoisotopic (exact) mass is 244 g/mol. The van der Waals surface area contributed by atoms with Crippen LogP contribution in [0.3, 0.4) is 0 Å². The highest BCUT2D eigenvalue weighted by atomic mass is 15.4. The Morgan fingerprint density at radius 3 is 2.44 bits per heavy atom. The molecule has 0 unspecified atom stereocenters. The smallest absolute Gasteiger partial charge is 0.357 e. The Morgan fingerprint density at radius 2 is 1.78 bits per heavy atom. The highest BCUT2D eigenvalue weighted by Crippen LogP contribution is 2.38. The lowest BCUT2D eigenvalue weighted by atomic mass is 10.1. The summed E-state index contributed by atoms with van der Waals surface area (Å²) in [5.41, 5.74) is 12.7. The van der Waals surface area contributed by atoms with Gasteiger partial charge in [0.25, 0.3) is 5.96 Å². The van der Waals surface area contributed by atoms with Crippen LogP contribution in [0.2, 0.25) is 0 Å². The third-order valence-corrected chi connectivity index (χ3v) is 3.66. The first-order chi connectivity index (χ1) is 8.71. The Labute approximate surface area is 106 Å². The van der Waals surface area contributed by atoms with E-state index in [0.717, 1.165) is 31.4 Å². The summed E-state index contributed by atoms with van der Waals surface area (Å²) in [6.45, 7) is 0. The molecule has 18 heavy (non-hydrogen) atoms. The van der Waals surface area contributed by atoms with E-state index >= 15 is 0 Å². The molecule has 0 saturated heterocycles. The van der Waals surface area contributed by atoms with Crippen LogP contribution < -0.4 is 16.8 Å². The van der Waals surface area contributed by atoms with Gasteiger partial charge in [0.15, 0.2) is 5.66 Å². The molecule has 0 amide bonds. The minimum Gasteiger partial charge on any atom is -0.357 e. The fourth-order valence-corrected chi connectivity index (χ4v) is 2.95. The van der Waals surface area contributed by atoms with Crippen molar-refractivity contribution >= 4 is 17.6 Å². The highest BCUT2D eigenvalue weighted by molar-refractivity contribution is 5.96. The predicted octanol–water partition coefficient (Wildman–Crippen LogP) is 0.833. The highest BCUT2D eigenvalue weighted by Gasteiger charge is 2.44. The standard InChI is InChI=1S/C13H17N5/c14-11-16-12(15)18(10-6-2-1-3-7-10)13(17-11)8-4-5-9-13/h1-3,6-7H,4-5,8-9H2,(H4,14,15,16,17)/p+1. The number of nitrogens with zero attached hydrogens (tertiary/aromatic N) is 2. The molecule has 5 nitrogen and oxygen atoms in total. The molecule has 0 aromatic heterocycles. The Bertz CT molecular complexity index is 511. The molecule has 1 aliphatic carbocycles. The second-order valence-corrected chi connectivity index (χ2v) is 4.87. The quantitative estimate of drug-likeness (QED) is 0.640. The van der Waals surface area contributed by atoms with Crippen LogP contribution in [0.4, 0.5) is 5.69 Å². The van der Waals surface area contributed by atoms with Gasteiger partial charge in [0.1, 0.15) is 5.69 Å². The summed E-state index contributed by atoms with van der Waals surface area (Å²) in [6, 6.07) is 10.1. The lowest BCUT2D eigenvalue weighted by Crippen LogP contribution is -2.57. The lowest BCUT2D eigenvalue weighted by molar-refractivity contribution is -0.535. The molecule has 1 heterocycles. The molecule has 3 rings (SSSR count). The van der Waals surface area contributed by atoms with Gasteiger partial charge in [-0.15, -0.1) is 0 Å². The number of nitrogens with two attached hydrogens (primary N) is 2. The van der Waals surface area contributed by atoms with E-state index in [0.29, 0.717) is 11.9 Å². The first-order valence-electron chi connectivity index (χ1n) is 6.31. The Morgan fingerprint density at radius 1 is 1.11 bits per heavy atom. The SMILES string of the molecule is NC1=NC2(CCCC2)[N+](c2ccccc2)=C(N)N1. The molecule has 1 spiro atoms. The number of hydrogen-bond donors (Lipinski definition) is 3. The molecule has 0 atom stereocenters. The van der Waals surface area contributed by atoms with Crippen molar-refractivity contribution in [2.45, 2.75) is 31.3 Å². The summed E-state index contributed by atoms with van der Waals surface area (Å²) in [6.07, 6.45) is 4.30. The largest absolute Gasteiger partial charge is 0.357 e. The summed E-state index contributed by atoms with van der Waals surface area (Å²) in [5, 5.41) is 2.93. The van der Waals surface area contributed by atoms with E-state index in [4.69, 9.17) is 11.5 Å². The van der Waals surface area contributed by atoms with Crippen molar-refractivity contribution in [1.29, 1.82) is 0 Å². The van der Waals surface area contributed by atoms with Crippen molar-refractivity contribution in [1.82, 2.24) is 5.32 Å². The molecule has 5 N–H and O–H groups in total. The fraction of sp³-hybridized carbons (Fsp3) is 0.385. The summed E-state index contributed by atoms with van der Waals surface area (Å²) >= 11 is 0. The van der Waals surface area contributed by atoms with Gasteiger partial charge in [0, 0.05) is 12.8 Å². The maximum absolute atomic E-state index is 6.13. The lowest BCUT2D eigenvalue weighted by Gasteiger charge is -2.31. The topological polar surface area (TPSA) is 79.4 Å². The number of aliphatic imine (C=N–C) groups is 1. The van der Waals surface area contributed by atoms with Gasteiger partial charge < -0.3 is 5.73 Å². The van der Waals surface area contributed by atoms with Crippen LogP contribution >= 0.6 is 0 Å². The molecular weight excluding hydrogens is 226 g/mol. The molecule has 94 valence electrons. The van der Waals surface area contributed by atoms with Crippen molar-refractivity contribution in [3.8, 4) is 0 Å². The molecule has 1 aromatic rings. The van der Waals surface area contributed by atoms with Crippen LogP contribution in [0, 0.1) is 0 Å².